The molecule has 1 aromatic carbocycles. The zero-order valence-electron chi connectivity index (χ0n) is 15.7. The summed E-state index contributed by atoms with van der Waals surface area (Å²) in [6, 6.07) is 10.5. The summed E-state index contributed by atoms with van der Waals surface area (Å²) in [6.45, 7) is 0.532. The number of aromatic nitrogens is 4. The van der Waals surface area contributed by atoms with E-state index in [2.05, 4.69) is 30.6 Å². The minimum atomic E-state index is -4.52. The Morgan fingerprint density at radius 1 is 1.07 bits per heavy atom. The molecule has 3 aromatic heterocycles. The highest BCUT2D eigenvalue weighted by molar-refractivity contribution is 5.83. The normalized spacial score (nSPS) is 11.6. The first-order valence-corrected chi connectivity index (χ1v) is 8.93. The Kier molecular flexibility index (Phi) is 5.17. The van der Waals surface area contributed by atoms with Crippen molar-refractivity contribution < 1.29 is 22.3 Å². The topological polar surface area (TPSA) is 101 Å². The third kappa shape index (κ3) is 4.99. The van der Waals surface area contributed by atoms with Crippen molar-refractivity contribution >= 4 is 28.5 Å². The van der Waals surface area contributed by atoms with Crippen LogP contribution in [0.15, 0.2) is 47.0 Å². The monoisotopic (exact) mass is 418 g/mol. The van der Waals surface area contributed by atoms with Crippen molar-refractivity contribution in [1.29, 1.82) is 0 Å². The number of H-pyrrole nitrogens is 1. The molecule has 4 rings (SSSR count). The van der Waals surface area contributed by atoms with E-state index >= 15 is 0 Å². The van der Waals surface area contributed by atoms with Crippen LogP contribution in [0.5, 0.6) is 6.01 Å². The van der Waals surface area contributed by atoms with Gasteiger partial charge in [-0.15, -0.1) is 0 Å². The molecule has 0 spiro atoms. The lowest BCUT2D eigenvalue weighted by molar-refractivity contribution is -0.154. The summed E-state index contributed by atoms with van der Waals surface area (Å²) in [5.41, 5.74) is 1.53. The molecule has 0 radical (unpaired) electrons. The van der Waals surface area contributed by atoms with Crippen LogP contribution in [0.25, 0.3) is 10.9 Å². The van der Waals surface area contributed by atoms with Crippen LogP contribution in [0.3, 0.4) is 0 Å². The van der Waals surface area contributed by atoms with Gasteiger partial charge in [0, 0.05) is 17.4 Å². The van der Waals surface area contributed by atoms with E-state index in [0.29, 0.717) is 11.4 Å². The zero-order chi connectivity index (χ0) is 21.1. The minimum Gasteiger partial charge on any atom is -0.465 e. The molecule has 0 saturated heterocycles. The summed E-state index contributed by atoms with van der Waals surface area (Å²) in [7, 11) is 0. The number of halogens is 3. The number of fused-ring (bicyclic) bond motifs is 1. The molecule has 3 heterocycles. The van der Waals surface area contributed by atoms with Gasteiger partial charge >= 0.3 is 12.2 Å². The number of benzene rings is 1. The van der Waals surface area contributed by atoms with Crippen LogP contribution in [0.1, 0.15) is 11.5 Å². The number of hydrogen-bond donors (Lipinski definition) is 3. The number of ether oxygens (including phenoxy) is 1. The molecule has 156 valence electrons. The fraction of sp³-hybridized carbons (Fsp3) is 0.211. The number of nitrogens with one attached hydrogen (secondary N) is 3. The smallest absolute Gasteiger partial charge is 0.422 e. The quantitative estimate of drug-likeness (QED) is 0.405. The van der Waals surface area contributed by atoms with E-state index in [4.69, 9.17) is 9.15 Å². The molecule has 0 atom stereocenters. The van der Waals surface area contributed by atoms with Crippen LogP contribution in [0.4, 0.5) is 30.8 Å². The van der Waals surface area contributed by atoms with E-state index in [-0.39, 0.29) is 18.4 Å². The number of aryl methyl sites for hydroxylation is 1. The number of aromatic amines is 1. The van der Waals surface area contributed by atoms with Gasteiger partial charge in [-0.2, -0.15) is 28.1 Å². The second-order valence-corrected chi connectivity index (χ2v) is 6.44. The summed E-state index contributed by atoms with van der Waals surface area (Å²) >= 11 is 0. The van der Waals surface area contributed by atoms with Gasteiger partial charge in [0.15, 0.2) is 6.61 Å². The Morgan fingerprint density at radius 3 is 2.67 bits per heavy atom. The Labute approximate surface area is 168 Å². The van der Waals surface area contributed by atoms with Gasteiger partial charge in [-0.1, -0.05) is 6.07 Å². The highest BCUT2D eigenvalue weighted by Crippen LogP contribution is 2.22. The number of hydrogen-bond acceptors (Lipinski definition) is 7. The molecule has 8 nitrogen and oxygen atoms in total. The molecule has 30 heavy (non-hydrogen) atoms. The van der Waals surface area contributed by atoms with Gasteiger partial charge in [0.1, 0.15) is 11.5 Å². The Hall–Kier alpha value is -3.76. The number of rotatable bonds is 7. The molecule has 0 bridgehead atoms. The number of nitrogens with zero attached hydrogens (tertiary/aromatic N) is 3. The summed E-state index contributed by atoms with van der Waals surface area (Å²) in [5.74, 6) is 1.43. The molecule has 0 fully saturated rings. The minimum absolute atomic E-state index is 0.0335. The molecule has 0 saturated carbocycles. The molecule has 3 N–H and O–H groups in total. The third-order valence-corrected chi connectivity index (χ3v) is 4.01. The molecule has 0 aliphatic carbocycles. The van der Waals surface area contributed by atoms with Crippen LogP contribution in [-0.2, 0) is 6.54 Å². The summed E-state index contributed by atoms with van der Waals surface area (Å²) in [5, 5.41) is 6.87. The van der Waals surface area contributed by atoms with Crippen molar-refractivity contribution in [3.8, 4) is 6.01 Å². The van der Waals surface area contributed by atoms with Crippen LogP contribution in [-0.4, -0.2) is 32.7 Å². The van der Waals surface area contributed by atoms with Crippen LogP contribution in [0.2, 0.25) is 0 Å². The highest BCUT2D eigenvalue weighted by atomic mass is 19.4. The van der Waals surface area contributed by atoms with Crippen molar-refractivity contribution in [3.63, 3.8) is 0 Å². The molecule has 0 unspecified atom stereocenters. The van der Waals surface area contributed by atoms with E-state index in [1.165, 1.54) is 0 Å². The predicted octanol–water partition coefficient (Wildman–Crippen LogP) is 4.55. The van der Waals surface area contributed by atoms with Crippen LogP contribution >= 0.6 is 0 Å². The zero-order valence-corrected chi connectivity index (χ0v) is 15.7. The molecule has 11 heteroatoms. The largest absolute Gasteiger partial charge is 0.465 e. The van der Waals surface area contributed by atoms with E-state index in [0.717, 1.165) is 16.7 Å². The lowest BCUT2D eigenvalue weighted by Gasteiger charge is -2.11. The van der Waals surface area contributed by atoms with Crippen molar-refractivity contribution in [3.05, 3.63) is 54.1 Å². The Morgan fingerprint density at radius 2 is 1.90 bits per heavy atom. The Bertz CT molecular complexity index is 1150. The average Bonchev–Trinajstić information content (AvgIpc) is 3.32. The first-order chi connectivity index (χ1) is 14.3. The summed E-state index contributed by atoms with van der Waals surface area (Å²) in [4.78, 5) is 15.1. The molecular weight excluding hydrogens is 401 g/mol. The van der Waals surface area contributed by atoms with E-state index in [1.54, 1.807) is 31.3 Å². The maximum atomic E-state index is 12.5. The standard InChI is InChI=1S/C19H17F3N6O2/c1-11-2-5-14(30-11)9-24-16-26-17(28-18(27-16)29-10-19(20,21)22)25-13-4-3-12-6-7-23-15(12)8-13/h2-8,23H,9-10H2,1H3,(H2,24,25,26,27,28). The van der Waals surface area contributed by atoms with E-state index in [9.17, 15) is 13.2 Å². The number of alkyl halides is 3. The van der Waals surface area contributed by atoms with Crippen molar-refractivity contribution in [2.45, 2.75) is 19.6 Å². The maximum absolute atomic E-state index is 12.5. The van der Waals surface area contributed by atoms with E-state index in [1.807, 2.05) is 18.2 Å². The van der Waals surface area contributed by atoms with Gasteiger partial charge < -0.3 is 24.8 Å². The lowest BCUT2D eigenvalue weighted by atomic mass is 10.2. The van der Waals surface area contributed by atoms with Gasteiger partial charge in [0.05, 0.1) is 6.54 Å². The fourth-order valence-corrected chi connectivity index (χ4v) is 2.70. The molecule has 4 aromatic rings. The fourth-order valence-electron chi connectivity index (χ4n) is 2.70. The van der Waals surface area contributed by atoms with Gasteiger partial charge in [-0.05, 0) is 42.6 Å². The second-order valence-electron chi connectivity index (χ2n) is 6.44. The second kappa shape index (κ2) is 7.93. The lowest BCUT2D eigenvalue weighted by Crippen LogP contribution is -2.20. The number of furan rings is 1. The van der Waals surface area contributed by atoms with Gasteiger partial charge in [0.25, 0.3) is 0 Å². The highest BCUT2D eigenvalue weighted by Gasteiger charge is 2.29. The van der Waals surface area contributed by atoms with Gasteiger partial charge in [-0.3, -0.25) is 0 Å². The van der Waals surface area contributed by atoms with Crippen LogP contribution < -0.4 is 15.4 Å². The molecular formula is C19H17F3N6O2. The van der Waals surface area contributed by atoms with Crippen molar-refractivity contribution in [2.75, 3.05) is 17.2 Å². The third-order valence-electron chi connectivity index (χ3n) is 4.01. The molecule has 0 aliphatic rings. The SMILES string of the molecule is Cc1ccc(CNc2nc(Nc3ccc4cc[nH]c4c3)nc(OCC(F)(F)F)n2)o1. The van der Waals surface area contributed by atoms with Crippen molar-refractivity contribution in [2.24, 2.45) is 0 Å². The van der Waals surface area contributed by atoms with Gasteiger partial charge in [0.2, 0.25) is 11.9 Å². The predicted molar refractivity (Wildman–Crippen MR) is 104 cm³/mol. The summed E-state index contributed by atoms with van der Waals surface area (Å²) in [6.07, 6.45) is -2.71. The maximum Gasteiger partial charge on any atom is 0.422 e. The van der Waals surface area contributed by atoms with E-state index < -0.39 is 18.8 Å². The Balaban J connectivity index is 1.56. The summed E-state index contributed by atoms with van der Waals surface area (Å²) < 4.78 is 47.8. The number of anilines is 3. The van der Waals surface area contributed by atoms with Gasteiger partial charge in [-0.25, -0.2) is 0 Å². The first kappa shape index (κ1) is 19.6. The molecule has 0 amide bonds. The van der Waals surface area contributed by atoms with Crippen LogP contribution in [0, 0.1) is 6.92 Å². The van der Waals surface area contributed by atoms with Crippen molar-refractivity contribution in [1.82, 2.24) is 19.9 Å². The average molecular weight is 418 g/mol. The molecule has 0 aliphatic heterocycles. The first-order valence-electron chi connectivity index (χ1n) is 8.93.